The van der Waals surface area contributed by atoms with E-state index in [-0.39, 0.29) is 24.2 Å². The molecule has 10 nitrogen and oxygen atoms in total. The molecule has 2 unspecified atom stereocenters. The van der Waals surface area contributed by atoms with Crippen LogP contribution in [0.3, 0.4) is 0 Å². The van der Waals surface area contributed by atoms with Gasteiger partial charge in [0.15, 0.2) is 6.29 Å². The van der Waals surface area contributed by atoms with Crippen molar-refractivity contribution in [2.24, 2.45) is 22.7 Å². The van der Waals surface area contributed by atoms with Crippen LogP contribution in [0.4, 0.5) is 0 Å². The van der Waals surface area contributed by atoms with Gasteiger partial charge in [0.25, 0.3) is 0 Å². The molecule has 0 amide bonds. The Hall–Kier alpha value is -1.66. The van der Waals surface area contributed by atoms with E-state index >= 15 is 0 Å². The Morgan fingerprint density at radius 1 is 1.00 bits per heavy atom. The van der Waals surface area contributed by atoms with Crippen LogP contribution in [0, 0.1) is 22.7 Å². The molecular formula is C31H44O10. The zero-order valence-corrected chi connectivity index (χ0v) is 24.1. The van der Waals surface area contributed by atoms with Crippen LogP contribution in [0.25, 0.3) is 0 Å². The van der Waals surface area contributed by atoms with E-state index in [1.807, 2.05) is 0 Å². The quantitative estimate of drug-likeness (QED) is 0.302. The first-order valence-corrected chi connectivity index (χ1v) is 15.1. The SMILES string of the molecule is CO[C@H]1[C@@H](O)[C@@H](C)O[C@@H](OC2CC[C@]3(C=O)[C@H]4CC[C@]5(C)[C@@H](c6ccc(=O)oc6)CC[C@]5(O)[C@@H]4CCC3(O)C2)[C@@H]1O. The molecule has 2 heterocycles. The van der Waals surface area contributed by atoms with Gasteiger partial charge in [0.05, 0.1) is 35.1 Å². The summed E-state index contributed by atoms with van der Waals surface area (Å²) in [5.74, 6) is -0.276. The van der Waals surface area contributed by atoms with Crippen LogP contribution in [0.5, 0.6) is 0 Å². The van der Waals surface area contributed by atoms with E-state index in [1.54, 1.807) is 13.0 Å². The van der Waals surface area contributed by atoms with Crippen molar-refractivity contribution in [3.05, 3.63) is 34.4 Å². The smallest absolute Gasteiger partial charge is 0.335 e. The fourth-order valence-corrected chi connectivity index (χ4v) is 9.93. The molecule has 5 fully saturated rings. The van der Waals surface area contributed by atoms with E-state index in [0.29, 0.717) is 44.9 Å². The minimum Gasteiger partial charge on any atom is -0.431 e. The third kappa shape index (κ3) is 4.16. The highest BCUT2D eigenvalue weighted by atomic mass is 16.7. The molecular weight excluding hydrogens is 532 g/mol. The second-order valence-corrected chi connectivity index (χ2v) is 13.7. The highest BCUT2D eigenvalue weighted by Crippen LogP contribution is 2.71. The number of aliphatic hydroxyl groups is 4. The van der Waals surface area contributed by atoms with Crippen molar-refractivity contribution in [1.82, 2.24) is 0 Å². The van der Waals surface area contributed by atoms with E-state index in [1.165, 1.54) is 19.4 Å². The van der Waals surface area contributed by atoms with E-state index in [4.69, 9.17) is 18.6 Å². The first-order valence-electron chi connectivity index (χ1n) is 15.1. The molecule has 10 heteroatoms. The second kappa shape index (κ2) is 10.2. The van der Waals surface area contributed by atoms with Crippen molar-refractivity contribution in [3.8, 4) is 0 Å². The average Bonchev–Trinajstić information content (AvgIpc) is 3.23. The molecule has 0 spiro atoms. The van der Waals surface area contributed by atoms with Gasteiger partial charge in [-0.3, -0.25) is 0 Å². The van der Waals surface area contributed by atoms with Gasteiger partial charge in [0.2, 0.25) is 0 Å². The topological polar surface area (TPSA) is 156 Å². The molecule has 41 heavy (non-hydrogen) atoms. The molecule has 0 radical (unpaired) electrons. The summed E-state index contributed by atoms with van der Waals surface area (Å²) in [6, 6.07) is 3.23. The number of hydrogen-bond donors (Lipinski definition) is 4. The van der Waals surface area contributed by atoms with Gasteiger partial charge in [0, 0.05) is 25.0 Å². The summed E-state index contributed by atoms with van der Waals surface area (Å²) in [5.41, 5.74) is -3.24. The molecule has 0 bridgehead atoms. The summed E-state index contributed by atoms with van der Waals surface area (Å²) >= 11 is 0. The van der Waals surface area contributed by atoms with Gasteiger partial charge in [-0.15, -0.1) is 0 Å². The monoisotopic (exact) mass is 576 g/mol. The molecule has 4 N–H and O–H groups in total. The first-order chi connectivity index (χ1) is 19.4. The van der Waals surface area contributed by atoms with Crippen LogP contribution in [0.1, 0.15) is 83.1 Å². The maximum atomic E-state index is 13.0. The van der Waals surface area contributed by atoms with E-state index in [9.17, 15) is 30.0 Å². The van der Waals surface area contributed by atoms with Gasteiger partial charge in [0.1, 0.15) is 24.6 Å². The van der Waals surface area contributed by atoms with Crippen molar-refractivity contribution in [2.45, 2.75) is 126 Å². The van der Waals surface area contributed by atoms with Gasteiger partial charge in [-0.2, -0.15) is 0 Å². The standard InChI is InChI=1S/C31H44O10/c1-17-24(34)26(38-3)25(35)27(40-17)41-19-6-11-29(16-32)21-7-10-28(2)20(18-4-5-23(33)39-15-18)9-13-31(28,37)22(21)8-12-30(29,36)14-19/h4-5,15-17,19-22,24-27,34-37H,6-14H2,1-3H3/t17-,19?,20-,21+,22-,24+,25-,26+,27+,28-,29+,30?,31+/m1/s1. The number of hydrogen-bond acceptors (Lipinski definition) is 10. The normalized spacial score (nSPS) is 51.3. The molecule has 1 aromatic heterocycles. The number of carbonyl (C=O) groups excluding carboxylic acids is 1. The molecule has 1 aliphatic heterocycles. The summed E-state index contributed by atoms with van der Waals surface area (Å²) < 4.78 is 22.4. The average molecular weight is 577 g/mol. The van der Waals surface area contributed by atoms with Gasteiger partial charge in [-0.25, -0.2) is 4.79 Å². The zero-order valence-electron chi connectivity index (χ0n) is 24.1. The molecule has 0 aromatic carbocycles. The number of fused-ring (bicyclic) bond motifs is 5. The van der Waals surface area contributed by atoms with Crippen molar-refractivity contribution in [2.75, 3.05) is 7.11 Å². The Kier molecular flexibility index (Phi) is 7.33. The summed E-state index contributed by atoms with van der Waals surface area (Å²) in [7, 11) is 1.42. The number of carbonyl (C=O) groups is 1. The Balaban J connectivity index is 1.23. The number of ether oxygens (including phenoxy) is 3. The largest absolute Gasteiger partial charge is 0.431 e. The maximum absolute atomic E-state index is 13.0. The number of rotatable bonds is 5. The summed E-state index contributed by atoms with van der Waals surface area (Å²) in [6.07, 6.45) is 2.15. The molecule has 4 saturated carbocycles. The maximum Gasteiger partial charge on any atom is 0.335 e. The number of aliphatic hydroxyl groups excluding tert-OH is 2. The predicted molar refractivity (Wildman–Crippen MR) is 145 cm³/mol. The molecule has 5 aliphatic rings. The summed E-state index contributed by atoms with van der Waals surface area (Å²) in [4.78, 5) is 24.6. The molecule has 4 aliphatic carbocycles. The number of methoxy groups -OCH3 is 1. The van der Waals surface area contributed by atoms with Crippen molar-refractivity contribution < 1.29 is 43.8 Å². The third-order valence-corrected chi connectivity index (χ3v) is 12.2. The Morgan fingerprint density at radius 2 is 1.76 bits per heavy atom. The summed E-state index contributed by atoms with van der Waals surface area (Å²) in [6.45, 7) is 3.82. The van der Waals surface area contributed by atoms with Crippen LogP contribution in [-0.2, 0) is 19.0 Å². The fraction of sp³-hybridized carbons (Fsp3) is 0.806. The lowest BCUT2D eigenvalue weighted by molar-refractivity contribution is -0.319. The molecule has 1 saturated heterocycles. The van der Waals surface area contributed by atoms with E-state index in [2.05, 4.69) is 6.92 Å². The van der Waals surface area contributed by atoms with Crippen molar-refractivity contribution in [3.63, 3.8) is 0 Å². The Labute approximate surface area is 240 Å². The second-order valence-electron chi connectivity index (χ2n) is 13.7. The highest BCUT2D eigenvalue weighted by molar-refractivity contribution is 5.64. The van der Waals surface area contributed by atoms with Gasteiger partial charge in [-0.1, -0.05) is 6.92 Å². The zero-order chi connectivity index (χ0) is 29.4. The van der Waals surface area contributed by atoms with Crippen LogP contribution in [-0.4, -0.2) is 81.8 Å². The van der Waals surface area contributed by atoms with Gasteiger partial charge < -0.3 is 43.8 Å². The molecule has 228 valence electrons. The van der Waals surface area contributed by atoms with Crippen LogP contribution >= 0.6 is 0 Å². The molecule has 13 atom stereocenters. The first kappa shape index (κ1) is 29.4. The highest BCUT2D eigenvalue weighted by Gasteiger charge is 2.71. The minimum absolute atomic E-state index is 0.0358. The lowest BCUT2D eigenvalue weighted by Crippen LogP contribution is -2.69. The minimum atomic E-state index is -1.31. The third-order valence-electron chi connectivity index (χ3n) is 12.2. The van der Waals surface area contributed by atoms with E-state index < -0.39 is 64.5 Å². The summed E-state index contributed by atoms with van der Waals surface area (Å²) in [5, 5.41) is 45.7. The molecule has 1 aromatic rings. The van der Waals surface area contributed by atoms with Gasteiger partial charge >= 0.3 is 5.63 Å². The Morgan fingerprint density at radius 3 is 2.44 bits per heavy atom. The van der Waals surface area contributed by atoms with Crippen molar-refractivity contribution >= 4 is 6.29 Å². The van der Waals surface area contributed by atoms with Crippen molar-refractivity contribution in [1.29, 1.82) is 0 Å². The lowest BCUT2D eigenvalue weighted by atomic mass is 9.41. The Bertz CT molecular complexity index is 1180. The molecule has 6 rings (SSSR count). The lowest BCUT2D eigenvalue weighted by Gasteiger charge is -2.65. The van der Waals surface area contributed by atoms with E-state index in [0.717, 1.165) is 18.3 Å². The van der Waals surface area contributed by atoms with Crippen LogP contribution in [0.15, 0.2) is 27.6 Å². The predicted octanol–water partition coefficient (Wildman–Crippen LogP) is 2.04. The van der Waals surface area contributed by atoms with Crippen LogP contribution < -0.4 is 5.63 Å². The number of aldehydes is 1. The van der Waals surface area contributed by atoms with Gasteiger partial charge in [-0.05, 0) is 87.7 Å². The van der Waals surface area contributed by atoms with Crippen LogP contribution in [0.2, 0.25) is 0 Å². The fourth-order valence-electron chi connectivity index (χ4n) is 9.93.